The van der Waals surface area contributed by atoms with E-state index in [0.29, 0.717) is 12.1 Å². The lowest BCUT2D eigenvalue weighted by atomic mass is 10.1. The predicted molar refractivity (Wildman–Crippen MR) is 77.8 cm³/mol. The van der Waals surface area contributed by atoms with Crippen LogP contribution in [0.25, 0.3) is 0 Å². The molecule has 1 nitrogen and oxygen atoms in total. The van der Waals surface area contributed by atoms with Crippen LogP contribution in [-0.2, 0) is 6.54 Å². The fraction of sp³-hybridized carbons (Fsp3) is 0.294. The normalized spacial score (nSPS) is 12.7. The second-order valence-electron chi connectivity index (χ2n) is 5.15. The van der Waals surface area contributed by atoms with Crippen molar-refractivity contribution in [2.24, 2.45) is 0 Å². The maximum atomic E-state index is 13.5. The number of hydrogen-bond acceptors (Lipinski definition) is 1. The minimum absolute atomic E-state index is 0.0186. The molecular formula is C17H18F3N. The molecule has 2 rings (SSSR count). The summed E-state index contributed by atoms with van der Waals surface area (Å²) in [5.74, 6) is -0.220. The highest BCUT2D eigenvalue weighted by molar-refractivity contribution is 5.26. The molecule has 0 aliphatic heterocycles. The van der Waals surface area contributed by atoms with Crippen molar-refractivity contribution in [3.63, 3.8) is 0 Å². The molecule has 0 aliphatic carbocycles. The van der Waals surface area contributed by atoms with E-state index in [2.05, 4.69) is 5.32 Å². The van der Waals surface area contributed by atoms with Crippen LogP contribution in [0.3, 0.4) is 0 Å². The van der Waals surface area contributed by atoms with Gasteiger partial charge in [0.25, 0.3) is 6.43 Å². The van der Waals surface area contributed by atoms with Crippen molar-refractivity contribution in [2.75, 3.05) is 0 Å². The van der Waals surface area contributed by atoms with Gasteiger partial charge in [-0.3, -0.25) is 0 Å². The van der Waals surface area contributed by atoms with Crippen molar-refractivity contribution in [3.8, 4) is 0 Å². The van der Waals surface area contributed by atoms with E-state index < -0.39 is 6.43 Å². The number of nitrogens with one attached hydrogen (secondary N) is 1. The molecule has 0 radical (unpaired) electrons. The Balaban J connectivity index is 1.97. The van der Waals surface area contributed by atoms with Gasteiger partial charge in [-0.2, -0.15) is 0 Å². The van der Waals surface area contributed by atoms with Gasteiger partial charge in [0.05, 0.1) is 0 Å². The Morgan fingerprint density at radius 2 is 1.62 bits per heavy atom. The van der Waals surface area contributed by atoms with Crippen LogP contribution in [0.15, 0.2) is 42.5 Å². The number of alkyl halides is 2. The standard InChI is InChI=1S/C17H18F3N/c1-11-3-6-15(9-16(11)18)12(2)21-10-13-4-7-14(8-5-13)17(19)20/h3-9,12,17,21H,10H2,1-2H3. The van der Waals surface area contributed by atoms with Gasteiger partial charge in [-0.25, -0.2) is 13.2 Å². The van der Waals surface area contributed by atoms with Crippen molar-refractivity contribution in [1.29, 1.82) is 0 Å². The summed E-state index contributed by atoms with van der Waals surface area (Å²) in [6, 6.07) is 11.3. The first kappa shape index (κ1) is 15.6. The van der Waals surface area contributed by atoms with Crippen LogP contribution in [0.1, 0.15) is 41.6 Å². The summed E-state index contributed by atoms with van der Waals surface area (Å²) in [5.41, 5.74) is 2.42. The van der Waals surface area contributed by atoms with Crippen molar-refractivity contribution in [2.45, 2.75) is 32.9 Å². The number of aryl methyl sites for hydroxylation is 1. The Labute approximate surface area is 122 Å². The molecule has 0 saturated heterocycles. The molecule has 0 aliphatic rings. The Morgan fingerprint density at radius 3 is 2.19 bits per heavy atom. The molecule has 0 bridgehead atoms. The first-order valence-corrected chi connectivity index (χ1v) is 6.84. The van der Waals surface area contributed by atoms with E-state index in [1.807, 2.05) is 13.0 Å². The minimum Gasteiger partial charge on any atom is -0.306 e. The second kappa shape index (κ2) is 6.76. The van der Waals surface area contributed by atoms with Crippen LogP contribution in [0.5, 0.6) is 0 Å². The van der Waals surface area contributed by atoms with Gasteiger partial charge < -0.3 is 5.32 Å². The van der Waals surface area contributed by atoms with Gasteiger partial charge in [0.2, 0.25) is 0 Å². The second-order valence-corrected chi connectivity index (χ2v) is 5.15. The molecule has 4 heteroatoms. The van der Waals surface area contributed by atoms with Gasteiger partial charge in [-0.15, -0.1) is 0 Å². The minimum atomic E-state index is -2.44. The summed E-state index contributed by atoms with van der Waals surface area (Å²) in [6.45, 7) is 4.21. The topological polar surface area (TPSA) is 12.0 Å². The van der Waals surface area contributed by atoms with Gasteiger partial charge in [-0.1, -0.05) is 36.4 Å². The molecular weight excluding hydrogens is 275 g/mol. The van der Waals surface area contributed by atoms with E-state index in [1.54, 1.807) is 25.1 Å². The third-order valence-electron chi connectivity index (χ3n) is 3.54. The maximum absolute atomic E-state index is 13.5. The number of hydrogen-bond donors (Lipinski definition) is 1. The van der Waals surface area contributed by atoms with Crippen molar-refractivity contribution >= 4 is 0 Å². The van der Waals surface area contributed by atoms with Gasteiger partial charge in [0.15, 0.2) is 0 Å². The molecule has 112 valence electrons. The Bertz CT molecular complexity index is 593. The number of rotatable bonds is 5. The molecule has 21 heavy (non-hydrogen) atoms. The number of benzene rings is 2. The maximum Gasteiger partial charge on any atom is 0.263 e. The van der Waals surface area contributed by atoms with Gasteiger partial charge in [-0.05, 0) is 36.6 Å². The summed E-state index contributed by atoms with van der Waals surface area (Å²) in [7, 11) is 0. The summed E-state index contributed by atoms with van der Waals surface area (Å²) < 4.78 is 38.4. The molecule has 0 saturated carbocycles. The lowest BCUT2D eigenvalue weighted by Gasteiger charge is -2.15. The third-order valence-corrected chi connectivity index (χ3v) is 3.54. The summed E-state index contributed by atoms with van der Waals surface area (Å²) in [4.78, 5) is 0. The van der Waals surface area contributed by atoms with E-state index in [9.17, 15) is 13.2 Å². The fourth-order valence-electron chi connectivity index (χ4n) is 2.05. The zero-order chi connectivity index (χ0) is 15.4. The van der Waals surface area contributed by atoms with Crippen molar-refractivity contribution in [1.82, 2.24) is 5.32 Å². The molecule has 2 aromatic rings. The zero-order valence-electron chi connectivity index (χ0n) is 12.0. The molecule has 2 aromatic carbocycles. The van der Waals surface area contributed by atoms with E-state index in [0.717, 1.165) is 11.1 Å². The lowest BCUT2D eigenvalue weighted by Crippen LogP contribution is -2.18. The fourth-order valence-corrected chi connectivity index (χ4v) is 2.05. The highest BCUT2D eigenvalue weighted by Gasteiger charge is 2.09. The summed E-state index contributed by atoms with van der Waals surface area (Å²) in [6.07, 6.45) is -2.44. The van der Waals surface area contributed by atoms with Crippen molar-refractivity contribution < 1.29 is 13.2 Å². The molecule has 0 heterocycles. The van der Waals surface area contributed by atoms with E-state index in [4.69, 9.17) is 0 Å². The summed E-state index contributed by atoms with van der Waals surface area (Å²) in [5, 5.41) is 3.26. The Morgan fingerprint density at radius 1 is 1.00 bits per heavy atom. The van der Waals surface area contributed by atoms with E-state index in [1.165, 1.54) is 18.2 Å². The quantitative estimate of drug-likeness (QED) is 0.825. The van der Waals surface area contributed by atoms with Gasteiger partial charge >= 0.3 is 0 Å². The smallest absolute Gasteiger partial charge is 0.263 e. The van der Waals surface area contributed by atoms with E-state index >= 15 is 0 Å². The van der Waals surface area contributed by atoms with Crippen LogP contribution in [0.2, 0.25) is 0 Å². The molecule has 0 spiro atoms. The molecule has 0 fully saturated rings. The molecule has 0 aromatic heterocycles. The Kier molecular flexibility index (Phi) is 5.02. The Hall–Kier alpha value is -1.81. The predicted octanol–water partition coefficient (Wildman–Crippen LogP) is 4.92. The molecule has 1 atom stereocenters. The van der Waals surface area contributed by atoms with Gasteiger partial charge in [0.1, 0.15) is 5.82 Å². The highest BCUT2D eigenvalue weighted by Crippen LogP contribution is 2.20. The zero-order valence-corrected chi connectivity index (χ0v) is 12.0. The van der Waals surface area contributed by atoms with Crippen LogP contribution in [0.4, 0.5) is 13.2 Å². The average molecular weight is 293 g/mol. The van der Waals surface area contributed by atoms with Crippen LogP contribution in [-0.4, -0.2) is 0 Å². The van der Waals surface area contributed by atoms with Crippen LogP contribution in [0, 0.1) is 12.7 Å². The summed E-state index contributed by atoms with van der Waals surface area (Å²) >= 11 is 0. The first-order valence-electron chi connectivity index (χ1n) is 6.84. The third kappa shape index (κ3) is 4.08. The molecule has 1 unspecified atom stereocenters. The first-order chi connectivity index (χ1) is 9.97. The lowest BCUT2D eigenvalue weighted by molar-refractivity contribution is 0.151. The SMILES string of the molecule is Cc1ccc(C(C)NCc2ccc(C(F)F)cc2)cc1F. The van der Waals surface area contributed by atoms with Crippen LogP contribution < -0.4 is 5.32 Å². The average Bonchev–Trinajstić information content (AvgIpc) is 2.48. The van der Waals surface area contributed by atoms with Gasteiger partial charge in [0, 0.05) is 18.2 Å². The molecule has 0 amide bonds. The monoisotopic (exact) mass is 293 g/mol. The van der Waals surface area contributed by atoms with E-state index in [-0.39, 0.29) is 17.4 Å². The molecule has 1 N–H and O–H groups in total. The largest absolute Gasteiger partial charge is 0.306 e. The highest BCUT2D eigenvalue weighted by atomic mass is 19.3. The van der Waals surface area contributed by atoms with Crippen molar-refractivity contribution in [3.05, 3.63) is 70.5 Å². The van der Waals surface area contributed by atoms with Crippen LogP contribution >= 0.6 is 0 Å². The number of halogens is 3.